The van der Waals surface area contributed by atoms with Crippen molar-refractivity contribution in [3.05, 3.63) is 28.8 Å². The molecule has 1 saturated heterocycles. The number of ether oxygens (including phenoxy) is 1. The molecule has 0 unspecified atom stereocenters. The molecule has 112 valence electrons. The minimum absolute atomic E-state index is 0.153. The summed E-state index contributed by atoms with van der Waals surface area (Å²) in [7, 11) is 0. The largest absolute Gasteiger partial charge is 0.489 e. The maximum absolute atomic E-state index is 11.3. The average molecular weight is 307 g/mol. The Morgan fingerprint density at radius 1 is 1.38 bits per heavy atom. The number of fused-ring (bicyclic) bond motifs is 1. The number of benzene rings is 1. The number of piperidine rings is 1. The van der Waals surface area contributed by atoms with Gasteiger partial charge >= 0.3 is 0 Å². The number of anilines is 1. The van der Waals surface area contributed by atoms with Crippen LogP contribution in [-0.2, 0) is 4.79 Å². The highest BCUT2D eigenvalue weighted by molar-refractivity contribution is 6.33. The normalized spacial score (nSPS) is 18.1. The molecule has 0 bridgehead atoms. The third kappa shape index (κ3) is 3.16. The van der Waals surface area contributed by atoms with Crippen LogP contribution in [0.25, 0.3) is 6.08 Å². The summed E-state index contributed by atoms with van der Waals surface area (Å²) in [6.45, 7) is 3.83. The van der Waals surface area contributed by atoms with Crippen molar-refractivity contribution in [2.24, 2.45) is 0 Å². The molecule has 0 atom stereocenters. The van der Waals surface area contributed by atoms with Crippen molar-refractivity contribution in [3.8, 4) is 5.75 Å². The van der Waals surface area contributed by atoms with Crippen molar-refractivity contribution in [1.82, 2.24) is 4.90 Å². The second-order valence-corrected chi connectivity index (χ2v) is 5.92. The van der Waals surface area contributed by atoms with Gasteiger partial charge in [-0.05, 0) is 25.0 Å². The van der Waals surface area contributed by atoms with Gasteiger partial charge in [0, 0.05) is 37.7 Å². The molecule has 1 aromatic rings. The van der Waals surface area contributed by atoms with Gasteiger partial charge in [-0.2, -0.15) is 0 Å². The first kappa shape index (κ1) is 14.3. The Kier molecular flexibility index (Phi) is 4.06. The van der Waals surface area contributed by atoms with E-state index in [1.165, 1.54) is 0 Å². The van der Waals surface area contributed by atoms with Crippen molar-refractivity contribution in [2.75, 3.05) is 25.0 Å². The molecule has 0 aliphatic carbocycles. The Morgan fingerprint density at radius 2 is 2.14 bits per heavy atom. The summed E-state index contributed by atoms with van der Waals surface area (Å²) in [4.78, 5) is 13.2. The summed E-state index contributed by atoms with van der Waals surface area (Å²) in [6, 6.07) is 4.24. The molecule has 5 heteroatoms. The monoisotopic (exact) mass is 306 g/mol. The molecule has 0 spiro atoms. The number of hydrogen-bond donors (Lipinski definition) is 1. The molecule has 2 aliphatic rings. The van der Waals surface area contributed by atoms with E-state index < -0.39 is 0 Å². The van der Waals surface area contributed by atoms with Crippen LogP contribution in [0.4, 0.5) is 5.69 Å². The number of halogens is 1. The fourth-order valence-corrected chi connectivity index (χ4v) is 3.03. The zero-order valence-corrected chi connectivity index (χ0v) is 12.8. The Bertz CT molecular complexity index is 578. The lowest BCUT2D eigenvalue weighted by atomic mass is 10.0. The van der Waals surface area contributed by atoms with Crippen LogP contribution < -0.4 is 10.1 Å². The number of carbonyl (C=O) groups excluding carboxylic acids is 1. The van der Waals surface area contributed by atoms with Gasteiger partial charge in [0.05, 0.1) is 10.7 Å². The molecule has 0 saturated carbocycles. The van der Waals surface area contributed by atoms with E-state index >= 15 is 0 Å². The van der Waals surface area contributed by atoms with E-state index in [0.29, 0.717) is 17.7 Å². The van der Waals surface area contributed by atoms with E-state index in [0.717, 1.165) is 42.9 Å². The van der Waals surface area contributed by atoms with Gasteiger partial charge in [-0.3, -0.25) is 4.79 Å². The molecule has 0 aromatic heterocycles. The van der Waals surface area contributed by atoms with Gasteiger partial charge in [0.25, 0.3) is 0 Å². The van der Waals surface area contributed by atoms with Gasteiger partial charge in [0.15, 0.2) is 0 Å². The summed E-state index contributed by atoms with van der Waals surface area (Å²) in [5.74, 6) is 1.02. The van der Waals surface area contributed by atoms with Crippen molar-refractivity contribution in [3.63, 3.8) is 0 Å². The van der Waals surface area contributed by atoms with Crippen LogP contribution in [0.2, 0.25) is 5.02 Å². The van der Waals surface area contributed by atoms with Crippen molar-refractivity contribution in [1.29, 1.82) is 0 Å². The van der Waals surface area contributed by atoms with E-state index in [2.05, 4.69) is 5.32 Å². The SMILES string of the molecule is CC(=O)N1CCC(Nc2cc3c(cc2Cl)C=CCO3)CC1. The molecule has 4 nitrogen and oxygen atoms in total. The Hall–Kier alpha value is -1.68. The summed E-state index contributed by atoms with van der Waals surface area (Å²) >= 11 is 6.34. The first-order valence-corrected chi connectivity index (χ1v) is 7.66. The second kappa shape index (κ2) is 5.98. The fourth-order valence-electron chi connectivity index (χ4n) is 2.81. The zero-order chi connectivity index (χ0) is 14.8. The average Bonchev–Trinajstić information content (AvgIpc) is 2.48. The number of rotatable bonds is 2. The number of hydrogen-bond acceptors (Lipinski definition) is 3. The second-order valence-electron chi connectivity index (χ2n) is 5.51. The molecule has 21 heavy (non-hydrogen) atoms. The van der Waals surface area contributed by atoms with Crippen LogP contribution in [0.3, 0.4) is 0 Å². The Morgan fingerprint density at radius 3 is 2.86 bits per heavy atom. The van der Waals surface area contributed by atoms with E-state index in [1.54, 1.807) is 6.92 Å². The lowest BCUT2D eigenvalue weighted by molar-refractivity contribution is -0.129. The van der Waals surface area contributed by atoms with Crippen molar-refractivity contribution >= 4 is 29.3 Å². The molecule has 2 aliphatic heterocycles. The molecule has 1 fully saturated rings. The molecular weight excluding hydrogens is 288 g/mol. The third-order valence-corrected chi connectivity index (χ3v) is 4.34. The number of nitrogens with zero attached hydrogens (tertiary/aromatic N) is 1. The maximum Gasteiger partial charge on any atom is 0.219 e. The molecule has 1 N–H and O–H groups in total. The highest BCUT2D eigenvalue weighted by Gasteiger charge is 2.21. The molecular formula is C16H19ClN2O2. The van der Waals surface area contributed by atoms with Gasteiger partial charge in [0.2, 0.25) is 5.91 Å². The van der Waals surface area contributed by atoms with Gasteiger partial charge in [-0.1, -0.05) is 17.7 Å². The fraction of sp³-hybridized carbons (Fsp3) is 0.438. The highest BCUT2D eigenvalue weighted by atomic mass is 35.5. The van der Waals surface area contributed by atoms with E-state index in [1.807, 2.05) is 29.2 Å². The quantitative estimate of drug-likeness (QED) is 0.912. The minimum Gasteiger partial charge on any atom is -0.489 e. The summed E-state index contributed by atoms with van der Waals surface area (Å²) in [5.41, 5.74) is 1.93. The zero-order valence-electron chi connectivity index (χ0n) is 12.1. The number of likely N-dealkylation sites (tertiary alicyclic amines) is 1. The molecule has 0 radical (unpaired) electrons. The van der Waals surface area contributed by atoms with E-state index in [4.69, 9.17) is 16.3 Å². The van der Waals surface area contributed by atoms with Crippen LogP contribution in [-0.4, -0.2) is 36.5 Å². The molecule has 1 aromatic carbocycles. The lowest BCUT2D eigenvalue weighted by Crippen LogP contribution is -2.41. The summed E-state index contributed by atoms with van der Waals surface area (Å²) in [6.07, 6.45) is 5.88. The molecule has 1 amide bonds. The van der Waals surface area contributed by atoms with Gasteiger partial charge in [0.1, 0.15) is 12.4 Å². The van der Waals surface area contributed by atoms with Crippen LogP contribution >= 0.6 is 11.6 Å². The standard InChI is InChI=1S/C16H19ClN2O2/c1-11(20)19-6-4-13(5-7-19)18-15-10-16-12(9-14(15)17)3-2-8-21-16/h2-3,9-10,13,18H,4-8H2,1H3. The van der Waals surface area contributed by atoms with Gasteiger partial charge in [-0.25, -0.2) is 0 Å². The maximum atomic E-state index is 11.3. The van der Waals surface area contributed by atoms with Crippen LogP contribution in [0.1, 0.15) is 25.3 Å². The molecule has 3 rings (SSSR count). The van der Waals surface area contributed by atoms with Gasteiger partial charge < -0.3 is 15.0 Å². The molecule has 2 heterocycles. The number of amides is 1. The van der Waals surface area contributed by atoms with Crippen LogP contribution in [0.15, 0.2) is 18.2 Å². The minimum atomic E-state index is 0.153. The van der Waals surface area contributed by atoms with Gasteiger partial charge in [-0.15, -0.1) is 0 Å². The Balaban J connectivity index is 1.68. The number of carbonyl (C=O) groups is 1. The van der Waals surface area contributed by atoms with E-state index in [9.17, 15) is 4.79 Å². The third-order valence-electron chi connectivity index (χ3n) is 4.03. The predicted molar refractivity (Wildman–Crippen MR) is 84.9 cm³/mol. The predicted octanol–water partition coefficient (Wildman–Crippen LogP) is 3.17. The topological polar surface area (TPSA) is 41.6 Å². The highest BCUT2D eigenvalue weighted by Crippen LogP contribution is 2.34. The van der Waals surface area contributed by atoms with Crippen LogP contribution in [0.5, 0.6) is 5.75 Å². The number of nitrogens with one attached hydrogen (secondary N) is 1. The smallest absolute Gasteiger partial charge is 0.219 e. The van der Waals surface area contributed by atoms with Crippen molar-refractivity contribution in [2.45, 2.75) is 25.8 Å². The first-order valence-electron chi connectivity index (χ1n) is 7.28. The van der Waals surface area contributed by atoms with Crippen molar-refractivity contribution < 1.29 is 9.53 Å². The first-order chi connectivity index (χ1) is 10.1. The Labute approximate surface area is 129 Å². The summed E-state index contributed by atoms with van der Waals surface area (Å²) in [5, 5.41) is 4.19. The summed E-state index contributed by atoms with van der Waals surface area (Å²) < 4.78 is 5.62. The lowest BCUT2D eigenvalue weighted by Gasteiger charge is -2.32. The van der Waals surface area contributed by atoms with E-state index in [-0.39, 0.29) is 5.91 Å². The van der Waals surface area contributed by atoms with Crippen LogP contribution in [0, 0.1) is 0 Å².